The average Bonchev–Trinajstić information content (AvgIpc) is 3.24. The summed E-state index contributed by atoms with van der Waals surface area (Å²) in [5.74, 6) is 1.73. The summed E-state index contributed by atoms with van der Waals surface area (Å²) in [6, 6.07) is 17.1. The lowest BCUT2D eigenvalue weighted by atomic mass is 9.96. The number of carbonyl (C=O) groups is 1. The summed E-state index contributed by atoms with van der Waals surface area (Å²) in [5, 5.41) is 3.25. The minimum Gasteiger partial charge on any atom is -0.454 e. The van der Waals surface area contributed by atoms with E-state index in [2.05, 4.69) is 22.3 Å². The van der Waals surface area contributed by atoms with E-state index in [0.29, 0.717) is 18.9 Å². The molecule has 5 rings (SSSR count). The molecule has 2 fully saturated rings. The Hall–Kier alpha value is -2.53. The van der Waals surface area contributed by atoms with Crippen molar-refractivity contribution in [3.05, 3.63) is 59.7 Å². The summed E-state index contributed by atoms with van der Waals surface area (Å²) >= 11 is 0. The number of benzene rings is 2. The molecule has 5 nitrogen and oxygen atoms in total. The van der Waals surface area contributed by atoms with E-state index in [1.165, 1.54) is 18.4 Å². The predicted octanol–water partition coefficient (Wildman–Crippen LogP) is 3.34. The van der Waals surface area contributed by atoms with Crippen LogP contribution in [0.25, 0.3) is 0 Å². The summed E-state index contributed by atoms with van der Waals surface area (Å²) in [7, 11) is 0. The first-order chi connectivity index (χ1) is 13.3. The molecule has 1 N–H and O–H groups in total. The lowest BCUT2D eigenvalue weighted by molar-refractivity contribution is 0.0827. The summed E-state index contributed by atoms with van der Waals surface area (Å²) in [4.78, 5) is 15.1. The Balaban J connectivity index is 1.23. The maximum atomic E-state index is 12.5. The highest BCUT2D eigenvalue weighted by atomic mass is 16.7. The number of hydrogen-bond acceptors (Lipinski definition) is 4. The zero-order valence-corrected chi connectivity index (χ0v) is 15.3. The van der Waals surface area contributed by atoms with Gasteiger partial charge in [-0.15, -0.1) is 0 Å². The van der Waals surface area contributed by atoms with Crippen LogP contribution < -0.4 is 14.8 Å². The lowest BCUT2D eigenvalue weighted by Gasteiger charge is -2.39. The quantitative estimate of drug-likeness (QED) is 0.904. The fourth-order valence-corrected chi connectivity index (χ4v) is 4.76. The molecule has 2 atom stereocenters. The largest absolute Gasteiger partial charge is 0.454 e. The van der Waals surface area contributed by atoms with Crippen LogP contribution >= 0.6 is 0 Å². The third kappa shape index (κ3) is 3.28. The van der Waals surface area contributed by atoms with E-state index in [4.69, 9.17) is 9.47 Å². The molecule has 0 saturated carbocycles. The molecule has 5 heteroatoms. The van der Waals surface area contributed by atoms with Gasteiger partial charge in [-0.25, -0.2) is 0 Å². The Bertz CT molecular complexity index is 825. The van der Waals surface area contributed by atoms with E-state index in [0.717, 1.165) is 36.4 Å². The standard InChI is InChI=1S/C22H24N2O3/c25-22(16-4-2-1-3-5-16)23-17-11-18-7-8-19(12-17)24(18)13-15-6-9-20-21(10-15)27-14-26-20/h1-6,9-10,17-19H,7-8,11-14H2,(H,23,25). The van der Waals surface area contributed by atoms with Gasteiger partial charge >= 0.3 is 0 Å². The van der Waals surface area contributed by atoms with Crippen LogP contribution in [0.3, 0.4) is 0 Å². The highest BCUT2D eigenvalue weighted by Crippen LogP contribution is 2.38. The smallest absolute Gasteiger partial charge is 0.251 e. The maximum Gasteiger partial charge on any atom is 0.251 e. The van der Waals surface area contributed by atoms with Crippen LogP contribution in [0.15, 0.2) is 48.5 Å². The number of amides is 1. The van der Waals surface area contributed by atoms with Crippen molar-refractivity contribution in [2.75, 3.05) is 6.79 Å². The minimum atomic E-state index is 0.0456. The van der Waals surface area contributed by atoms with Gasteiger partial charge in [0.15, 0.2) is 11.5 Å². The number of hydrogen-bond donors (Lipinski definition) is 1. The number of rotatable bonds is 4. The first-order valence-electron chi connectivity index (χ1n) is 9.76. The van der Waals surface area contributed by atoms with Gasteiger partial charge in [-0.05, 0) is 55.5 Å². The van der Waals surface area contributed by atoms with Crippen LogP contribution in [0, 0.1) is 0 Å². The SMILES string of the molecule is O=C(NC1CC2CCC(C1)N2Cc1ccc2c(c1)OCO2)c1ccccc1. The third-order valence-corrected chi connectivity index (χ3v) is 6.06. The Morgan fingerprint density at radius 2 is 1.74 bits per heavy atom. The maximum absolute atomic E-state index is 12.5. The molecule has 2 unspecified atom stereocenters. The molecule has 140 valence electrons. The molecule has 2 bridgehead atoms. The van der Waals surface area contributed by atoms with Crippen molar-refractivity contribution < 1.29 is 14.3 Å². The second kappa shape index (κ2) is 6.89. The number of piperidine rings is 1. The molecule has 2 aromatic carbocycles. The molecule has 1 amide bonds. The zero-order valence-electron chi connectivity index (χ0n) is 15.3. The highest BCUT2D eigenvalue weighted by molar-refractivity contribution is 5.94. The van der Waals surface area contributed by atoms with E-state index in [1.807, 2.05) is 36.4 Å². The molecular weight excluding hydrogens is 340 g/mol. The third-order valence-electron chi connectivity index (χ3n) is 6.06. The molecule has 0 aliphatic carbocycles. The number of nitrogens with one attached hydrogen (secondary N) is 1. The van der Waals surface area contributed by atoms with E-state index in [9.17, 15) is 4.79 Å². The molecule has 27 heavy (non-hydrogen) atoms. The molecule has 3 aliphatic heterocycles. The van der Waals surface area contributed by atoms with Gasteiger partial charge in [0.25, 0.3) is 5.91 Å². The van der Waals surface area contributed by atoms with Crippen molar-refractivity contribution >= 4 is 5.91 Å². The van der Waals surface area contributed by atoms with E-state index >= 15 is 0 Å². The van der Waals surface area contributed by atoms with Crippen molar-refractivity contribution in [3.63, 3.8) is 0 Å². The van der Waals surface area contributed by atoms with Gasteiger partial charge in [0.1, 0.15) is 0 Å². The minimum absolute atomic E-state index is 0.0456. The zero-order chi connectivity index (χ0) is 18.2. The molecule has 0 radical (unpaired) electrons. The molecule has 2 aromatic rings. The first-order valence-corrected chi connectivity index (χ1v) is 9.76. The average molecular weight is 364 g/mol. The predicted molar refractivity (Wildman–Crippen MR) is 102 cm³/mol. The topological polar surface area (TPSA) is 50.8 Å². The van der Waals surface area contributed by atoms with Gasteiger partial charge in [-0.1, -0.05) is 24.3 Å². The monoisotopic (exact) mass is 364 g/mol. The van der Waals surface area contributed by atoms with Crippen LogP contribution in [0.2, 0.25) is 0 Å². The van der Waals surface area contributed by atoms with Gasteiger partial charge in [0, 0.05) is 30.2 Å². The summed E-state index contributed by atoms with van der Waals surface area (Å²) in [6.45, 7) is 1.25. The molecule has 0 spiro atoms. The van der Waals surface area contributed by atoms with E-state index < -0.39 is 0 Å². The van der Waals surface area contributed by atoms with Crippen molar-refractivity contribution in [1.29, 1.82) is 0 Å². The normalized spacial score (nSPS) is 26.1. The van der Waals surface area contributed by atoms with Crippen LogP contribution in [-0.4, -0.2) is 35.7 Å². The van der Waals surface area contributed by atoms with Crippen molar-refractivity contribution in [3.8, 4) is 11.5 Å². The molecule has 0 aromatic heterocycles. The van der Waals surface area contributed by atoms with Gasteiger partial charge in [-0.2, -0.15) is 0 Å². The number of fused-ring (bicyclic) bond motifs is 3. The molecular formula is C22H24N2O3. The first kappa shape index (κ1) is 16.6. The molecule has 3 heterocycles. The second-order valence-electron chi connectivity index (χ2n) is 7.75. The Labute approximate surface area is 159 Å². The fraction of sp³-hybridized carbons (Fsp3) is 0.409. The second-order valence-corrected chi connectivity index (χ2v) is 7.75. The van der Waals surface area contributed by atoms with Crippen molar-refractivity contribution in [1.82, 2.24) is 10.2 Å². The lowest BCUT2D eigenvalue weighted by Crippen LogP contribution is -2.49. The Morgan fingerprint density at radius 3 is 2.52 bits per heavy atom. The highest BCUT2D eigenvalue weighted by Gasteiger charge is 2.41. The van der Waals surface area contributed by atoms with E-state index in [1.54, 1.807) is 0 Å². The number of ether oxygens (including phenoxy) is 2. The number of carbonyl (C=O) groups excluding carboxylic acids is 1. The molecule has 2 saturated heterocycles. The summed E-state index contributed by atoms with van der Waals surface area (Å²) in [6.07, 6.45) is 4.49. The van der Waals surface area contributed by atoms with Crippen LogP contribution in [0.1, 0.15) is 41.6 Å². The van der Waals surface area contributed by atoms with Crippen LogP contribution in [-0.2, 0) is 6.54 Å². The van der Waals surface area contributed by atoms with Gasteiger partial charge in [0.05, 0.1) is 0 Å². The molecule has 3 aliphatic rings. The Morgan fingerprint density at radius 1 is 1.00 bits per heavy atom. The van der Waals surface area contributed by atoms with Gasteiger partial charge < -0.3 is 14.8 Å². The van der Waals surface area contributed by atoms with Crippen molar-refractivity contribution in [2.24, 2.45) is 0 Å². The van der Waals surface area contributed by atoms with Crippen molar-refractivity contribution in [2.45, 2.75) is 50.4 Å². The van der Waals surface area contributed by atoms with Crippen LogP contribution in [0.4, 0.5) is 0 Å². The van der Waals surface area contributed by atoms with Gasteiger partial charge in [0.2, 0.25) is 6.79 Å². The van der Waals surface area contributed by atoms with Crippen LogP contribution in [0.5, 0.6) is 11.5 Å². The summed E-state index contributed by atoms with van der Waals surface area (Å²) < 4.78 is 10.9. The van der Waals surface area contributed by atoms with E-state index in [-0.39, 0.29) is 11.9 Å². The van der Waals surface area contributed by atoms with Gasteiger partial charge in [-0.3, -0.25) is 9.69 Å². The number of nitrogens with zero attached hydrogens (tertiary/aromatic N) is 1. The summed E-state index contributed by atoms with van der Waals surface area (Å²) in [5.41, 5.74) is 2.01. The fourth-order valence-electron chi connectivity index (χ4n) is 4.76. The Kier molecular flexibility index (Phi) is 4.24.